The molecular weight excluding hydrogens is 394 g/mol. The van der Waals surface area contributed by atoms with Crippen LogP contribution in [-0.2, 0) is 4.79 Å². The van der Waals surface area contributed by atoms with E-state index in [-0.39, 0.29) is 11.3 Å². The Hall–Kier alpha value is -2.74. The molecule has 0 N–H and O–H groups in total. The smallest absolute Gasteiger partial charge is 0.233 e. The van der Waals surface area contributed by atoms with E-state index in [2.05, 4.69) is 0 Å². The van der Waals surface area contributed by atoms with Crippen molar-refractivity contribution in [3.8, 4) is 28.7 Å². The van der Waals surface area contributed by atoms with Crippen LogP contribution in [0.3, 0.4) is 0 Å². The van der Waals surface area contributed by atoms with Gasteiger partial charge in [0.15, 0.2) is 11.5 Å². The van der Waals surface area contributed by atoms with Gasteiger partial charge < -0.3 is 28.6 Å². The first kappa shape index (κ1) is 21.0. The molecule has 0 aliphatic carbocycles. The number of rotatable bonds is 9. The van der Waals surface area contributed by atoms with Gasteiger partial charge in [0.2, 0.25) is 11.7 Å². The van der Waals surface area contributed by atoms with E-state index in [0.717, 1.165) is 17.1 Å². The highest BCUT2D eigenvalue weighted by Crippen LogP contribution is 2.45. The Bertz CT molecular complexity index is 817. The largest absolute Gasteiger partial charge is 0.497 e. The van der Waals surface area contributed by atoms with Gasteiger partial charge in [-0.25, -0.2) is 0 Å². The minimum atomic E-state index is -0.143. The summed E-state index contributed by atoms with van der Waals surface area (Å²) in [4.78, 5) is 14.3. The summed E-state index contributed by atoms with van der Waals surface area (Å²) in [7, 11) is 6.34. The van der Waals surface area contributed by atoms with Gasteiger partial charge in [-0.15, -0.1) is 11.8 Å². The minimum Gasteiger partial charge on any atom is -0.497 e. The second kappa shape index (κ2) is 9.65. The van der Waals surface area contributed by atoms with E-state index in [1.54, 1.807) is 40.2 Å². The summed E-state index contributed by atoms with van der Waals surface area (Å²) in [6.07, 6.45) is 0. The fourth-order valence-corrected chi connectivity index (χ4v) is 4.35. The molecular formula is C21H25NO6S. The van der Waals surface area contributed by atoms with E-state index >= 15 is 0 Å². The van der Waals surface area contributed by atoms with E-state index in [9.17, 15) is 4.79 Å². The molecule has 1 amide bonds. The third-order valence-electron chi connectivity index (χ3n) is 4.60. The molecule has 0 spiro atoms. The van der Waals surface area contributed by atoms with Crippen LogP contribution in [0.5, 0.6) is 28.7 Å². The third kappa shape index (κ3) is 4.64. The molecule has 1 heterocycles. The normalized spacial score (nSPS) is 15.9. The Morgan fingerprint density at radius 2 is 1.55 bits per heavy atom. The van der Waals surface area contributed by atoms with Crippen LogP contribution < -0.4 is 23.7 Å². The molecule has 1 fully saturated rings. The molecule has 2 aromatic carbocycles. The molecule has 3 rings (SSSR count). The average molecular weight is 419 g/mol. The first-order chi connectivity index (χ1) is 14.1. The van der Waals surface area contributed by atoms with Crippen LogP contribution >= 0.6 is 11.8 Å². The summed E-state index contributed by atoms with van der Waals surface area (Å²) < 4.78 is 27.2. The number of thioether (sulfide) groups is 1. The van der Waals surface area contributed by atoms with Crippen LogP contribution in [0.2, 0.25) is 0 Å². The highest BCUT2D eigenvalue weighted by molar-refractivity contribution is 8.00. The maximum absolute atomic E-state index is 12.5. The second-order valence-electron chi connectivity index (χ2n) is 6.23. The Morgan fingerprint density at radius 3 is 2.10 bits per heavy atom. The lowest BCUT2D eigenvalue weighted by atomic mass is 10.1. The molecule has 1 aliphatic heterocycles. The molecule has 1 atom stereocenters. The zero-order chi connectivity index (χ0) is 20.8. The van der Waals surface area contributed by atoms with Crippen molar-refractivity contribution in [2.45, 2.75) is 5.37 Å². The molecule has 29 heavy (non-hydrogen) atoms. The summed E-state index contributed by atoms with van der Waals surface area (Å²) in [6.45, 7) is 0.860. The van der Waals surface area contributed by atoms with E-state index in [0.29, 0.717) is 36.2 Å². The van der Waals surface area contributed by atoms with Gasteiger partial charge in [-0.1, -0.05) is 0 Å². The molecule has 1 aliphatic rings. The van der Waals surface area contributed by atoms with Gasteiger partial charge in [0.05, 0.1) is 40.7 Å². The summed E-state index contributed by atoms with van der Waals surface area (Å²) >= 11 is 1.57. The van der Waals surface area contributed by atoms with Crippen molar-refractivity contribution in [2.75, 3.05) is 47.3 Å². The van der Waals surface area contributed by atoms with Crippen LogP contribution in [0.25, 0.3) is 0 Å². The Morgan fingerprint density at radius 1 is 0.931 bits per heavy atom. The molecule has 8 heteroatoms. The van der Waals surface area contributed by atoms with Crippen molar-refractivity contribution >= 4 is 17.7 Å². The molecule has 2 aromatic rings. The maximum atomic E-state index is 12.5. The first-order valence-corrected chi connectivity index (χ1v) is 10.1. The molecule has 0 saturated carbocycles. The Balaban J connectivity index is 1.72. The lowest BCUT2D eigenvalue weighted by Crippen LogP contribution is -2.32. The number of hydrogen-bond donors (Lipinski definition) is 0. The number of carbonyl (C=O) groups excluding carboxylic acids is 1. The molecule has 0 radical (unpaired) electrons. The molecule has 1 unspecified atom stereocenters. The molecule has 0 bridgehead atoms. The Kier molecular flexibility index (Phi) is 6.98. The SMILES string of the molecule is COc1ccc(OCCN2C(=O)CSC2c2cc(OC)c(OC)c(OC)c2)cc1. The lowest BCUT2D eigenvalue weighted by Gasteiger charge is -2.25. The number of nitrogens with zero attached hydrogens (tertiary/aromatic N) is 1. The van der Waals surface area contributed by atoms with Crippen LogP contribution in [0.4, 0.5) is 0 Å². The monoisotopic (exact) mass is 419 g/mol. The predicted molar refractivity (Wildman–Crippen MR) is 111 cm³/mol. The quantitative estimate of drug-likeness (QED) is 0.617. The number of methoxy groups -OCH3 is 4. The number of hydrogen-bond acceptors (Lipinski definition) is 7. The van der Waals surface area contributed by atoms with Crippen LogP contribution in [0.15, 0.2) is 36.4 Å². The van der Waals surface area contributed by atoms with Gasteiger partial charge in [-0.2, -0.15) is 0 Å². The van der Waals surface area contributed by atoms with Gasteiger partial charge in [0, 0.05) is 0 Å². The van der Waals surface area contributed by atoms with Crippen LogP contribution in [0, 0.1) is 0 Å². The summed E-state index contributed by atoms with van der Waals surface area (Å²) in [5.74, 6) is 3.66. The topological polar surface area (TPSA) is 66.5 Å². The van der Waals surface area contributed by atoms with E-state index in [1.165, 1.54) is 0 Å². The zero-order valence-electron chi connectivity index (χ0n) is 17.0. The van der Waals surface area contributed by atoms with Gasteiger partial charge in [-0.05, 0) is 42.0 Å². The lowest BCUT2D eigenvalue weighted by molar-refractivity contribution is -0.128. The van der Waals surface area contributed by atoms with E-state index in [4.69, 9.17) is 23.7 Å². The fraction of sp³-hybridized carbons (Fsp3) is 0.381. The summed E-state index contributed by atoms with van der Waals surface area (Å²) in [5, 5.41) is -0.143. The highest BCUT2D eigenvalue weighted by Gasteiger charge is 2.34. The van der Waals surface area contributed by atoms with E-state index < -0.39 is 0 Å². The number of benzene rings is 2. The Labute approximate surface area is 174 Å². The van der Waals surface area contributed by atoms with Crippen molar-refractivity contribution in [1.82, 2.24) is 4.90 Å². The summed E-state index contributed by atoms with van der Waals surface area (Å²) in [5.41, 5.74) is 0.916. The van der Waals surface area contributed by atoms with Crippen molar-refractivity contribution in [3.05, 3.63) is 42.0 Å². The van der Waals surface area contributed by atoms with Crippen LogP contribution in [0.1, 0.15) is 10.9 Å². The van der Waals surface area contributed by atoms with Crippen molar-refractivity contribution < 1.29 is 28.5 Å². The van der Waals surface area contributed by atoms with Crippen molar-refractivity contribution in [1.29, 1.82) is 0 Å². The zero-order valence-corrected chi connectivity index (χ0v) is 17.8. The minimum absolute atomic E-state index is 0.0760. The standard InChI is InChI=1S/C21H25NO6S/c1-24-15-5-7-16(8-6-15)28-10-9-22-19(23)13-29-21(22)14-11-17(25-2)20(27-4)18(12-14)26-3/h5-8,11-12,21H,9-10,13H2,1-4H3. The van der Waals surface area contributed by atoms with Gasteiger partial charge in [-0.3, -0.25) is 4.79 Å². The number of amides is 1. The first-order valence-electron chi connectivity index (χ1n) is 9.09. The number of carbonyl (C=O) groups is 1. The fourth-order valence-electron chi connectivity index (χ4n) is 3.15. The summed E-state index contributed by atoms with van der Waals surface area (Å²) in [6, 6.07) is 11.1. The van der Waals surface area contributed by atoms with Crippen molar-refractivity contribution in [3.63, 3.8) is 0 Å². The number of ether oxygens (including phenoxy) is 5. The van der Waals surface area contributed by atoms with E-state index in [1.807, 2.05) is 41.3 Å². The highest BCUT2D eigenvalue weighted by atomic mass is 32.2. The van der Waals surface area contributed by atoms with Crippen molar-refractivity contribution in [2.24, 2.45) is 0 Å². The predicted octanol–water partition coefficient (Wildman–Crippen LogP) is 3.37. The maximum Gasteiger partial charge on any atom is 0.233 e. The van der Waals surface area contributed by atoms with Gasteiger partial charge >= 0.3 is 0 Å². The third-order valence-corrected chi connectivity index (χ3v) is 5.86. The van der Waals surface area contributed by atoms with Gasteiger partial charge in [0.25, 0.3) is 0 Å². The average Bonchev–Trinajstić information content (AvgIpc) is 3.13. The molecule has 1 saturated heterocycles. The molecule has 7 nitrogen and oxygen atoms in total. The van der Waals surface area contributed by atoms with Gasteiger partial charge in [0.1, 0.15) is 23.5 Å². The van der Waals surface area contributed by atoms with Crippen LogP contribution in [-0.4, -0.2) is 58.2 Å². The second-order valence-corrected chi connectivity index (χ2v) is 7.30. The molecule has 156 valence electrons. The molecule has 0 aromatic heterocycles.